The van der Waals surface area contributed by atoms with E-state index in [9.17, 15) is 14.9 Å². The van der Waals surface area contributed by atoms with Crippen LogP contribution >= 0.6 is 0 Å². The van der Waals surface area contributed by atoms with Gasteiger partial charge in [-0.15, -0.1) is 0 Å². The molecule has 0 aliphatic heterocycles. The van der Waals surface area contributed by atoms with Crippen LogP contribution in [-0.4, -0.2) is 22.4 Å². The van der Waals surface area contributed by atoms with Crippen molar-refractivity contribution in [2.24, 2.45) is 5.73 Å². The number of carbonyl (C=O) groups excluding carboxylic acids is 1. The maximum Gasteiger partial charge on any atom is 0.290 e. The highest BCUT2D eigenvalue weighted by Gasteiger charge is 2.13. The lowest BCUT2D eigenvalue weighted by atomic mass is 10.2. The zero-order valence-electron chi connectivity index (χ0n) is 15.9. The molecule has 1 heterocycles. The number of primary amides is 1. The van der Waals surface area contributed by atoms with E-state index in [-0.39, 0.29) is 12.2 Å². The van der Waals surface area contributed by atoms with Gasteiger partial charge in [-0.2, -0.15) is 0 Å². The maximum atomic E-state index is 11.6. The lowest BCUT2D eigenvalue weighted by Crippen LogP contribution is -2.33. The van der Waals surface area contributed by atoms with E-state index in [4.69, 9.17) is 5.73 Å². The smallest absolute Gasteiger partial charge is 0.290 e. The number of aryl methyl sites for hydroxylation is 1. The van der Waals surface area contributed by atoms with E-state index in [1.165, 1.54) is 6.20 Å². The van der Waals surface area contributed by atoms with Crippen LogP contribution in [0.4, 0.5) is 22.9 Å². The van der Waals surface area contributed by atoms with Crippen molar-refractivity contribution in [1.82, 2.24) is 4.98 Å². The molecule has 3 aromatic rings. The molecule has 1 aromatic heterocycles. The first kappa shape index (κ1) is 19.8. The number of hydrogen-bond acceptors (Lipinski definition) is 6. The molecule has 0 bridgehead atoms. The molecule has 29 heavy (non-hydrogen) atoms. The highest BCUT2D eigenvalue weighted by Crippen LogP contribution is 2.25. The summed E-state index contributed by atoms with van der Waals surface area (Å²) >= 11 is 0. The Hall–Kier alpha value is -3.94. The van der Waals surface area contributed by atoms with Crippen molar-refractivity contribution in [2.75, 3.05) is 16.8 Å². The van der Waals surface area contributed by atoms with Gasteiger partial charge in [-0.1, -0.05) is 36.4 Å². The van der Waals surface area contributed by atoms with Crippen molar-refractivity contribution in [3.8, 4) is 0 Å². The van der Waals surface area contributed by atoms with Crippen molar-refractivity contribution in [3.05, 3.63) is 88.1 Å². The summed E-state index contributed by atoms with van der Waals surface area (Å²) in [7, 11) is 0. The van der Waals surface area contributed by atoms with Crippen LogP contribution in [-0.2, 0) is 11.3 Å². The van der Waals surface area contributed by atoms with Gasteiger partial charge in [0.1, 0.15) is 12.0 Å². The minimum atomic E-state index is -0.460. The quantitative estimate of drug-likeness (QED) is 0.448. The third kappa shape index (κ3) is 5.29. The molecule has 0 saturated heterocycles. The first-order valence-electron chi connectivity index (χ1n) is 8.97. The van der Waals surface area contributed by atoms with E-state index in [2.05, 4.69) is 10.3 Å². The van der Waals surface area contributed by atoms with Gasteiger partial charge in [0.2, 0.25) is 5.91 Å². The Morgan fingerprint density at radius 3 is 2.59 bits per heavy atom. The fourth-order valence-electron chi connectivity index (χ4n) is 2.97. The molecule has 0 saturated carbocycles. The SMILES string of the molecule is Cc1cc(Nc2cccc(N(CC(N)=O)Cc3ccccc3)c2)ncc1[N+](=O)[O-]. The lowest BCUT2D eigenvalue weighted by Gasteiger charge is -2.24. The van der Waals surface area contributed by atoms with Crippen molar-refractivity contribution >= 4 is 28.8 Å². The lowest BCUT2D eigenvalue weighted by molar-refractivity contribution is -0.385. The molecule has 2 aromatic carbocycles. The molecule has 0 fully saturated rings. The Morgan fingerprint density at radius 2 is 1.93 bits per heavy atom. The average Bonchev–Trinajstić information content (AvgIpc) is 2.68. The van der Waals surface area contributed by atoms with Gasteiger partial charge in [0.15, 0.2) is 0 Å². The molecule has 3 N–H and O–H groups in total. The fourth-order valence-corrected chi connectivity index (χ4v) is 2.97. The van der Waals surface area contributed by atoms with E-state index in [1.807, 2.05) is 59.5 Å². The number of benzene rings is 2. The number of nitrogens with two attached hydrogens (primary N) is 1. The average molecular weight is 391 g/mol. The summed E-state index contributed by atoms with van der Waals surface area (Å²) in [4.78, 5) is 28.1. The molecular weight excluding hydrogens is 370 g/mol. The second kappa shape index (κ2) is 8.83. The third-order valence-corrected chi connectivity index (χ3v) is 4.33. The Bertz CT molecular complexity index is 1020. The minimum absolute atomic E-state index is 0.0280. The van der Waals surface area contributed by atoms with Crippen molar-refractivity contribution in [3.63, 3.8) is 0 Å². The van der Waals surface area contributed by atoms with Crippen LogP contribution in [0.25, 0.3) is 0 Å². The monoisotopic (exact) mass is 391 g/mol. The Morgan fingerprint density at radius 1 is 1.17 bits per heavy atom. The minimum Gasteiger partial charge on any atom is -0.368 e. The molecule has 0 aliphatic carbocycles. The van der Waals surface area contributed by atoms with E-state index >= 15 is 0 Å². The van der Waals surface area contributed by atoms with E-state index < -0.39 is 10.8 Å². The molecule has 0 unspecified atom stereocenters. The number of aromatic nitrogens is 1. The number of amides is 1. The summed E-state index contributed by atoms with van der Waals surface area (Å²) in [6.45, 7) is 2.27. The third-order valence-electron chi connectivity index (χ3n) is 4.33. The van der Waals surface area contributed by atoms with Gasteiger partial charge in [0.25, 0.3) is 5.69 Å². The molecular formula is C21H21N5O3. The van der Waals surface area contributed by atoms with Gasteiger partial charge in [-0.25, -0.2) is 4.98 Å². The zero-order chi connectivity index (χ0) is 20.8. The molecule has 8 heteroatoms. The number of nitrogens with one attached hydrogen (secondary N) is 1. The van der Waals surface area contributed by atoms with Gasteiger partial charge >= 0.3 is 0 Å². The summed E-state index contributed by atoms with van der Waals surface area (Å²) in [6, 6.07) is 18.9. The van der Waals surface area contributed by atoms with Crippen LogP contribution in [0.5, 0.6) is 0 Å². The topological polar surface area (TPSA) is 114 Å². The molecule has 0 spiro atoms. The molecule has 0 radical (unpaired) electrons. The molecule has 148 valence electrons. The normalized spacial score (nSPS) is 10.4. The number of rotatable bonds is 8. The Labute approximate surface area is 168 Å². The van der Waals surface area contributed by atoms with Gasteiger partial charge in [0.05, 0.1) is 11.5 Å². The first-order chi connectivity index (χ1) is 13.9. The van der Waals surface area contributed by atoms with Crippen LogP contribution in [0.2, 0.25) is 0 Å². The van der Waals surface area contributed by atoms with Gasteiger partial charge in [0, 0.05) is 23.5 Å². The van der Waals surface area contributed by atoms with Crippen LogP contribution in [0, 0.1) is 17.0 Å². The highest BCUT2D eigenvalue weighted by molar-refractivity contribution is 5.80. The Kier molecular flexibility index (Phi) is 6.03. The predicted molar refractivity (Wildman–Crippen MR) is 112 cm³/mol. The number of hydrogen-bond donors (Lipinski definition) is 2. The standard InChI is InChI=1S/C21H21N5O3/c1-15-10-21(23-12-19(15)26(28)29)24-17-8-5-9-18(11-17)25(14-20(22)27)13-16-6-3-2-4-7-16/h2-12H,13-14H2,1H3,(H2,22,27)(H,23,24). The van der Waals surface area contributed by atoms with Crippen LogP contribution in [0.15, 0.2) is 66.9 Å². The largest absolute Gasteiger partial charge is 0.368 e. The maximum absolute atomic E-state index is 11.6. The number of nitrogens with zero attached hydrogens (tertiary/aromatic N) is 3. The van der Waals surface area contributed by atoms with Gasteiger partial charge in [-0.05, 0) is 36.8 Å². The van der Waals surface area contributed by atoms with Crippen molar-refractivity contribution in [1.29, 1.82) is 0 Å². The number of pyridine rings is 1. The fraction of sp³-hybridized carbons (Fsp3) is 0.143. The van der Waals surface area contributed by atoms with E-state index in [0.717, 1.165) is 16.9 Å². The van der Waals surface area contributed by atoms with Crippen molar-refractivity contribution in [2.45, 2.75) is 13.5 Å². The summed E-state index contributed by atoms with van der Waals surface area (Å²) in [6.07, 6.45) is 1.23. The molecule has 0 aliphatic rings. The van der Waals surface area contributed by atoms with Crippen LogP contribution in [0.3, 0.4) is 0 Å². The zero-order valence-corrected chi connectivity index (χ0v) is 15.9. The number of carbonyl (C=O) groups is 1. The van der Waals surface area contributed by atoms with Crippen LogP contribution in [0.1, 0.15) is 11.1 Å². The van der Waals surface area contributed by atoms with E-state index in [0.29, 0.717) is 17.9 Å². The predicted octanol–water partition coefficient (Wildman–Crippen LogP) is 3.53. The summed E-state index contributed by atoms with van der Waals surface area (Å²) in [5.74, 6) is 0.0710. The molecule has 8 nitrogen and oxygen atoms in total. The van der Waals surface area contributed by atoms with E-state index in [1.54, 1.807) is 13.0 Å². The molecule has 1 amide bonds. The second-order valence-corrected chi connectivity index (χ2v) is 6.60. The van der Waals surface area contributed by atoms with Crippen LogP contribution < -0.4 is 16.0 Å². The summed E-state index contributed by atoms with van der Waals surface area (Å²) in [5.41, 5.74) is 8.54. The highest BCUT2D eigenvalue weighted by atomic mass is 16.6. The van der Waals surface area contributed by atoms with Gasteiger partial charge in [-0.3, -0.25) is 14.9 Å². The molecule has 3 rings (SSSR count). The molecule has 0 atom stereocenters. The summed E-state index contributed by atoms with van der Waals surface area (Å²) in [5, 5.41) is 14.1. The second-order valence-electron chi connectivity index (χ2n) is 6.60. The summed E-state index contributed by atoms with van der Waals surface area (Å²) < 4.78 is 0. The van der Waals surface area contributed by atoms with Gasteiger partial charge < -0.3 is 16.0 Å². The number of nitro groups is 1. The first-order valence-corrected chi connectivity index (χ1v) is 8.97. The number of anilines is 3. The Balaban J connectivity index is 1.83. The van der Waals surface area contributed by atoms with Crippen molar-refractivity contribution < 1.29 is 9.72 Å².